The molecule has 11 heteroatoms. The van der Waals surface area contributed by atoms with E-state index in [1.54, 1.807) is 0 Å². The smallest absolute Gasteiger partial charge is 0.237 e. The summed E-state index contributed by atoms with van der Waals surface area (Å²) in [7, 11) is 0. The van der Waals surface area contributed by atoms with Crippen LogP contribution in [0.3, 0.4) is 0 Å². The van der Waals surface area contributed by atoms with Crippen molar-refractivity contribution in [2.45, 2.75) is 93.4 Å². The highest BCUT2D eigenvalue weighted by Gasteiger charge is 2.41. The van der Waals surface area contributed by atoms with Crippen LogP contribution in [0, 0.1) is 17.8 Å². The van der Waals surface area contributed by atoms with Crippen molar-refractivity contribution in [3.63, 3.8) is 0 Å². The Hall–Kier alpha value is -0.680. The molecule has 2 amide bonds. The van der Waals surface area contributed by atoms with Crippen molar-refractivity contribution in [2.75, 3.05) is 32.7 Å². The lowest BCUT2D eigenvalue weighted by Crippen LogP contribution is -2.62. The van der Waals surface area contributed by atoms with E-state index < -0.39 is 0 Å². The first kappa shape index (κ1) is 26.9. The number of rotatable bonds is 6. The van der Waals surface area contributed by atoms with Gasteiger partial charge in [-0.25, -0.2) is 5.43 Å². The molecule has 5 fully saturated rings. The zero-order chi connectivity index (χ0) is 25.1. The van der Waals surface area contributed by atoms with Gasteiger partial charge in [0, 0.05) is 50.5 Å². The van der Waals surface area contributed by atoms with E-state index in [0.717, 1.165) is 77.7 Å². The lowest BCUT2D eigenvalue weighted by atomic mass is 9.74. The third-order valence-electron chi connectivity index (χ3n) is 8.97. The molecule has 0 aromatic rings. The summed E-state index contributed by atoms with van der Waals surface area (Å²) >= 11 is 12.9. The van der Waals surface area contributed by atoms with Crippen molar-refractivity contribution in [1.82, 2.24) is 31.4 Å². The Morgan fingerprint density at radius 1 is 0.972 bits per heavy atom. The molecule has 5 rings (SSSR count). The molecule has 5 aliphatic rings. The molecule has 2 aliphatic carbocycles. The molecule has 0 spiro atoms. The maximum absolute atomic E-state index is 13.0. The number of hydrogen-bond donors (Lipinski definition) is 4. The molecular formula is C25H42Cl2N6O3. The molecule has 3 saturated heterocycles. The van der Waals surface area contributed by atoms with Gasteiger partial charge in [0.15, 0.2) is 0 Å². The first-order valence-electron chi connectivity index (χ1n) is 14.0. The number of hydrazine groups is 1. The lowest BCUT2D eigenvalue weighted by Gasteiger charge is -2.42. The van der Waals surface area contributed by atoms with Crippen LogP contribution in [0.2, 0.25) is 0 Å². The predicted octanol–water partition coefficient (Wildman–Crippen LogP) is 1.90. The average molecular weight is 546 g/mol. The number of carbonyl (C=O) groups excluding carboxylic acids is 2. The molecule has 3 heterocycles. The fraction of sp³-hybridized carbons (Fsp3) is 0.920. The van der Waals surface area contributed by atoms with Crippen molar-refractivity contribution >= 4 is 35.0 Å². The third kappa shape index (κ3) is 6.30. The van der Waals surface area contributed by atoms with E-state index in [0.29, 0.717) is 18.8 Å². The number of amides is 2. The molecule has 0 aromatic carbocycles. The Balaban J connectivity index is 1.04. The summed E-state index contributed by atoms with van der Waals surface area (Å²) in [4.78, 5) is 35.5. The summed E-state index contributed by atoms with van der Waals surface area (Å²) in [5, 5.41) is 3.38. The van der Waals surface area contributed by atoms with Crippen molar-refractivity contribution in [2.24, 2.45) is 17.8 Å². The van der Waals surface area contributed by atoms with Crippen LogP contribution in [-0.4, -0.2) is 83.5 Å². The Bertz CT molecular complexity index is 778. The van der Waals surface area contributed by atoms with Crippen LogP contribution >= 0.6 is 23.2 Å². The summed E-state index contributed by atoms with van der Waals surface area (Å²) < 4.78 is 0. The first-order chi connectivity index (χ1) is 17.5. The van der Waals surface area contributed by atoms with E-state index in [2.05, 4.69) is 26.5 Å². The van der Waals surface area contributed by atoms with Gasteiger partial charge in [0.2, 0.25) is 11.8 Å². The Labute approximate surface area is 224 Å². The van der Waals surface area contributed by atoms with E-state index in [1.165, 1.54) is 6.42 Å². The second-order valence-electron chi connectivity index (χ2n) is 11.3. The minimum Gasteiger partial charge on any atom is -0.341 e. The minimum absolute atomic E-state index is 0.00557. The van der Waals surface area contributed by atoms with Crippen LogP contribution < -0.4 is 21.6 Å². The van der Waals surface area contributed by atoms with E-state index in [4.69, 9.17) is 28.0 Å². The second kappa shape index (κ2) is 12.5. The van der Waals surface area contributed by atoms with Crippen LogP contribution in [0.4, 0.5) is 0 Å². The normalized spacial score (nSPS) is 40.4. The fourth-order valence-electron chi connectivity index (χ4n) is 6.87. The number of fused-ring (bicyclic) bond motifs is 1. The van der Waals surface area contributed by atoms with Crippen LogP contribution in [0.25, 0.3) is 0 Å². The van der Waals surface area contributed by atoms with Crippen molar-refractivity contribution in [1.29, 1.82) is 0 Å². The highest BCUT2D eigenvalue weighted by atomic mass is 35.5. The largest absolute Gasteiger partial charge is 0.341 e. The van der Waals surface area contributed by atoms with Crippen molar-refractivity contribution < 1.29 is 14.4 Å². The van der Waals surface area contributed by atoms with Gasteiger partial charge < -0.3 is 4.90 Å². The van der Waals surface area contributed by atoms with Gasteiger partial charge in [0.25, 0.3) is 0 Å². The number of alkyl halides is 2. The lowest BCUT2D eigenvalue weighted by molar-refractivity contribution is -0.134. The third-order valence-corrected chi connectivity index (χ3v) is 10.2. The highest BCUT2D eigenvalue weighted by Crippen LogP contribution is 2.36. The van der Waals surface area contributed by atoms with Crippen LogP contribution in [0.15, 0.2) is 0 Å². The Morgan fingerprint density at radius 2 is 1.81 bits per heavy atom. The maximum atomic E-state index is 13.0. The van der Waals surface area contributed by atoms with Crippen molar-refractivity contribution in [3.05, 3.63) is 0 Å². The van der Waals surface area contributed by atoms with Gasteiger partial charge in [0.1, 0.15) is 6.23 Å². The molecule has 9 nitrogen and oxygen atoms in total. The number of hydrogen-bond acceptors (Lipinski definition) is 7. The van der Waals surface area contributed by atoms with Crippen molar-refractivity contribution in [3.8, 4) is 0 Å². The van der Waals surface area contributed by atoms with Gasteiger partial charge >= 0.3 is 0 Å². The summed E-state index contributed by atoms with van der Waals surface area (Å²) in [5.74, 6) is 1.14. The molecule has 8 unspecified atom stereocenters. The van der Waals surface area contributed by atoms with Gasteiger partial charge in [-0.15, -0.1) is 23.2 Å². The molecule has 36 heavy (non-hydrogen) atoms. The number of halogens is 2. The molecule has 204 valence electrons. The van der Waals surface area contributed by atoms with Crippen LogP contribution in [0.5, 0.6) is 0 Å². The number of hydroxylamine groups is 1. The minimum atomic E-state index is -0.196. The Kier molecular flexibility index (Phi) is 9.31. The van der Waals surface area contributed by atoms with E-state index in [-0.39, 0.29) is 52.8 Å². The summed E-state index contributed by atoms with van der Waals surface area (Å²) in [6, 6.07) is 0.284. The van der Waals surface area contributed by atoms with Crippen LogP contribution in [0.1, 0.15) is 64.2 Å². The molecule has 0 radical (unpaired) electrons. The Morgan fingerprint density at radius 3 is 2.69 bits per heavy atom. The van der Waals surface area contributed by atoms with Gasteiger partial charge in [-0.05, 0) is 51.0 Å². The highest BCUT2D eigenvalue weighted by molar-refractivity contribution is 6.30. The molecule has 4 N–H and O–H groups in total. The molecular weight excluding hydrogens is 503 g/mol. The van der Waals surface area contributed by atoms with E-state index in [9.17, 15) is 9.59 Å². The molecule has 3 aliphatic heterocycles. The monoisotopic (exact) mass is 544 g/mol. The summed E-state index contributed by atoms with van der Waals surface area (Å²) in [6.07, 6.45) is 9.38. The van der Waals surface area contributed by atoms with Gasteiger partial charge in [-0.1, -0.05) is 19.3 Å². The number of nitrogens with zero attached hydrogens (tertiary/aromatic N) is 2. The molecule has 8 atom stereocenters. The zero-order valence-electron chi connectivity index (χ0n) is 21.1. The quantitative estimate of drug-likeness (QED) is 0.379. The summed E-state index contributed by atoms with van der Waals surface area (Å²) in [6.45, 7) is 4.31. The number of carbonyl (C=O) groups is 2. The summed E-state index contributed by atoms with van der Waals surface area (Å²) in [5.41, 5.74) is 9.30. The first-order valence-corrected chi connectivity index (χ1v) is 14.9. The van der Waals surface area contributed by atoms with E-state index in [1.807, 2.05) is 4.90 Å². The topological polar surface area (TPSA) is 98.0 Å². The molecule has 2 saturated carbocycles. The molecule has 0 aromatic heterocycles. The second-order valence-corrected chi connectivity index (χ2v) is 12.4. The fourth-order valence-corrected chi connectivity index (χ4v) is 7.61. The maximum Gasteiger partial charge on any atom is 0.237 e. The predicted molar refractivity (Wildman–Crippen MR) is 139 cm³/mol. The van der Waals surface area contributed by atoms with Gasteiger partial charge in [0.05, 0.1) is 16.9 Å². The molecule has 0 bridgehead atoms. The average Bonchev–Trinajstić information content (AvgIpc) is 3.24. The number of nitrogens with one attached hydrogen (secondary N) is 4. The van der Waals surface area contributed by atoms with Gasteiger partial charge in [-0.3, -0.25) is 30.1 Å². The van der Waals surface area contributed by atoms with E-state index >= 15 is 0 Å². The SMILES string of the molecule is O=C1NNC(CN2CCCN(C(=O)CCC3NC(C4CCCC(Cl)C4Cl)NO3)CC2)C2CCCCC12. The van der Waals surface area contributed by atoms with Crippen LogP contribution in [-0.2, 0) is 14.4 Å². The zero-order valence-corrected chi connectivity index (χ0v) is 22.6. The standard InChI is InChI=1S/C25H42Cl2N6O3/c26-19-8-3-7-18(23(19)27)24-28-21(36-31-24)9-10-22(34)33-12-4-11-32(13-14-33)15-20-16-5-1-2-6-17(16)25(35)30-29-20/h16-21,23-24,28-29,31H,1-15H2,(H,30,35). The van der Waals surface area contributed by atoms with Gasteiger partial charge in [-0.2, -0.15) is 5.48 Å².